The Labute approximate surface area is 79.1 Å². The van der Waals surface area contributed by atoms with Crippen molar-refractivity contribution in [2.45, 2.75) is 26.3 Å². The quantitative estimate of drug-likeness (QED) is 0.739. The van der Waals surface area contributed by atoms with Gasteiger partial charge in [-0.3, -0.25) is 4.68 Å². The Bertz CT molecular complexity index is 261. The lowest BCUT2D eigenvalue weighted by atomic mass is 10.00. The summed E-state index contributed by atoms with van der Waals surface area (Å²) >= 11 is 0. The zero-order valence-electron chi connectivity index (χ0n) is 8.16. The van der Waals surface area contributed by atoms with E-state index in [-0.39, 0.29) is 0 Å². The summed E-state index contributed by atoms with van der Waals surface area (Å²) in [4.78, 5) is 0. The van der Waals surface area contributed by atoms with Crippen LogP contribution >= 0.6 is 0 Å². The Morgan fingerprint density at radius 3 is 3.23 bits per heavy atom. The molecule has 1 atom stereocenters. The van der Waals surface area contributed by atoms with Gasteiger partial charge in [0.25, 0.3) is 0 Å². The average Bonchev–Trinajstić information content (AvgIpc) is 2.54. The molecule has 3 heteroatoms. The lowest BCUT2D eigenvalue weighted by molar-refractivity contribution is 0.323. The van der Waals surface area contributed by atoms with Gasteiger partial charge in [-0.1, -0.05) is 0 Å². The van der Waals surface area contributed by atoms with Crippen molar-refractivity contribution < 1.29 is 0 Å². The molecule has 0 unspecified atom stereocenters. The maximum atomic E-state index is 4.30. The van der Waals surface area contributed by atoms with Crippen LogP contribution in [0, 0.1) is 12.8 Å². The van der Waals surface area contributed by atoms with Crippen molar-refractivity contribution in [3.8, 4) is 0 Å². The summed E-state index contributed by atoms with van der Waals surface area (Å²) in [5.41, 5.74) is 1.27. The molecule has 0 radical (unpaired) electrons. The van der Waals surface area contributed by atoms with Gasteiger partial charge in [-0.15, -0.1) is 0 Å². The molecule has 13 heavy (non-hydrogen) atoms. The number of nitrogens with one attached hydrogen (secondary N) is 1. The van der Waals surface area contributed by atoms with Crippen molar-refractivity contribution in [1.82, 2.24) is 15.1 Å². The Kier molecular flexibility index (Phi) is 2.64. The molecule has 1 N–H and O–H groups in total. The van der Waals surface area contributed by atoms with Crippen molar-refractivity contribution in [2.24, 2.45) is 5.92 Å². The first-order valence-corrected chi connectivity index (χ1v) is 5.05. The number of nitrogens with zero attached hydrogens (tertiary/aromatic N) is 2. The van der Waals surface area contributed by atoms with Crippen LogP contribution in [0.5, 0.6) is 0 Å². The van der Waals surface area contributed by atoms with Crippen molar-refractivity contribution in [3.63, 3.8) is 0 Å². The molecular weight excluding hydrogens is 162 g/mol. The predicted octanol–water partition coefficient (Wildman–Crippen LogP) is 1.19. The smallest absolute Gasteiger partial charge is 0.0492 e. The number of hydrogen-bond donors (Lipinski definition) is 1. The van der Waals surface area contributed by atoms with Crippen molar-refractivity contribution >= 4 is 0 Å². The second-order valence-electron chi connectivity index (χ2n) is 3.87. The molecule has 0 aliphatic carbocycles. The van der Waals surface area contributed by atoms with Gasteiger partial charge >= 0.3 is 0 Å². The summed E-state index contributed by atoms with van der Waals surface area (Å²) in [5.74, 6) is 0.771. The van der Waals surface area contributed by atoms with Gasteiger partial charge in [0.2, 0.25) is 0 Å². The Balaban J connectivity index is 1.93. The first kappa shape index (κ1) is 8.75. The minimum absolute atomic E-state index is 0.771. The first-order chi connectivity index (χ1) is 6.36. The lowest BCUT2D eigenvalue weighted by Gasteiger charge is -2.22. The summed E-state index contributed by atoms with van der Waals surface area (Å²) in [6, 6.07) is 2.07. The van der Waals surface area contributed by atoms with E-state index in [1.54, 1.807) is 0 Å². The Morgan fingerprint density at radius 1 is 1.69 bits per heavy atom. The maximum Gasteiger partial charge on any atom is 0.0492 e. The summed E-state index contributed by atoms with van der Waals surface area (Å²) in [6.45, 7) is 5.53. The van der Waals surface area contributed by atoms with Gasteiger partial charge in [-0.2, -0.15) is 5.10 Å². The molecule has 0 aromatic carbocycles. The summed E-state index contributed by atoms with van der Waals surface area (Å²) < 4.78 is 2.11. The lowest BCUT2D eigenvalue weighted by Crippen LogP contribution is -2.32. The molecule has 1 fully saturated rings. The predicted molar refractivity (Wildman–Crippen MR) is 52.6 cm³/mol. The minimum Gasteiger partial charge on any atom is -0.316 e. The van der Waals surface area contributed by atoms with Gasteiger partial charge in [0, 0.05) is 18.4 Å². The van der Waals surface area contributed by atoms with E-state index in [0.717, 1.165) is 19.0 Å². The first-order valence-electron chi connectivity index (χ1n) is 5.05. The summed E-state index contributed by atoms with van der Waals surface area (Å²) in [5, 5.41) is 7.72. The highest BCUT2D eigenvalue weighted by molar-refractivity contribution is 4.96. The summed E-state index contributed by atoms with van der Waals surface area (Å²) in [6.07, 6.45) is 4.53. The standard InChI is InChI=1S/C10H17N3/c1-9-4-6-12-13(9)8-10-3-2-5-11-7-10/h4,6,10-11H,2-3,5,7-8H2,1H3/t10-/m1/s1. The van der Waals surface area contributed by atoms with Crippen LogP contribution in [0.2, 0.25) is 0 Å². The highest BCUT2D eigenvalue weighted by Gasteiger charge is 2.13. The second-order valence-corrected chi connectivity index (χ2v) is 3.87. The van der Waals surface area contributed by atoms with Crippen LogP contribution in [0.4, 0.5) is 0 Å². The molecule has 1 saturated heterocycles. The number of piperidine rings is 1. The van der Waals surface area contributed by atoms with Gasteiger partial charge in [0.05, 0.1) is 0 Å². The van der Waals surface area contributed by atoms with Crippen molar-refractivity contribution in [1.29, 1.82) is 0 Å². The highest BCUT2D eigenvalue weighted by Crippen LogP contribution is 2.12. The monoisotopic (exact) mass is 179 g/mol. The van der Waals surface area contributed by atoms with Crippen LogP contribution < -0.4 is 5.32 Å². The van der Waals surface area contributed by atoms with Gasteiger partial charge in [-0.05, 0) is 44.8 Å². The highest BCUT2D eigenvalue weighted by atomic mass is 15.3. The van der Waals surface area contributed by atoms with E-state index in [2.05, 4.69) is 28.1 Å². The third-order valence-corrected chi connectivity index (χ3v) is 2.76. The molecule has 1 aliphatic heterocycles. The van der Waals surface area contributed by atoms with Gasteiger partial charge in [0.1, 0.15) is 0 Å². The fraction of sp³-hybridized carbons (Fsp3) is 0.700. The molecule has 2 heterocycles. The van der Waals surface area contributed by atoms with Crippen LogP contribution in [0.25, 0.3) is 0 Å². The number of hydrogen-bond acceptors (Lipinski definition) is 2. The minimum atomic E-state index is 0.771. The van der Waals surface area contributed by atoms with E-state index in [1.165, 1.54) is 25.1 Å². The van der Waals surface area contributed by atoms with Crippen LogP contribution in [-0.4, -0.2) is 22.9 Å². The third-order valence-electron chi connectivity index (χ3n) is 2.76. The van der Waals surface area contributed by atoms with Crippen molar-refractivity contribution in [3.05, 3.63) is 18.0 Å². The van der Waals surface area contributed by atoms with Crippen LogP contribution in [0.1, 0.15) is 18.5 Å². The molecule has 1 aromatic heterocycles. The molecular formula is C10H17N3. The van der Waals surface area contributed by atoms with Gasteiger partial charge in [-0.25, -0.2) is 0 Å². The molecule has 0 spiro atoms. The molecule has 0 bridgehead atoms. The fourth-order valence-electron chi connectivity index (χ4n) is 1.91. The summed E-state index contributed by atoms with van der Waals surface area (Å²) in [7, 11) is 0. The van der Waals surface area contributed by atoms with E-state index >= 15 is 0 Å². The number of rotatable bonds is 2. The fourth-order valence-corrected chi connectivity index (χ4v) is 1.91. The van der Waals surface area contributed by atoms with Gasteiger partial charge < -0.3 is 5.32 Å². The van der Waals surface area contributed by atoms with E-state index in [9.17, 15) is 0 Å². The molecule has 0 amide bonds. The average molecular weight is 179 g/mol. The molecule has 2 rings (SSSR count). The Hall–Kier alpha value is -0.830. The van der Waals surface area contributed by atoms with E-state index in [0.29, 0.717) is 0 Å². The molecule has 72 valence electrons. The molecule has 0 saturated carbocycles. The van der Waals surface area contributed by atoms with Gasteiger partial charge in [0.15, 0.2) is 0 Å². The van der Waals surface area contributed by atoms with Crippen LogP contribution in [0.3, 0.4) is 0 Å². The van der Waals surface area contributed by atoms with E-state index in [1.807, 2.05) is 6.20 Å². The SMILES string of the molecule is Cc1ccnn1C[C@@H]1CCCNC1. The van der Waals surface area contributed by atoms with E-state index in [4.69, 9.17) is 0 Å². The largest absolute Gasteiger partial charge is 0.316 e. The third kappa shape index (κ3) is 2.10. The molecule has 1 aromatic rings. The molecule has 3 nitrogen and oxygen atoms in total. The zero-order chi connectivity index (χ0) is 9.10. The zero-order valence-corrected chi connectivity index (χ0v) is 8.16. The normalized spacial score (nSPS) is 23.3. The topological polar surface area (TPSA) is 29.9 Å². The second kappa shape index (κ2) is 3.92. The Morgan fingerprint density at radius 2 is 2.62 bits per heavy atom. The maximum absolute atomic E-state index is 4.30. The molecule has 1 aliphatic rings. The van der Waals surface area contributed by atoms with Crippen LogP contribution in [-0.2, 0) is 6.54 Å². The van der Waals surface area contributed by atoms with E-state index < -0.39 is 0 Å². The van der Waals surface area contributed by atoms with Crippen LogP contribution in [0.15, 0.2) is 12.3 Å². The van der Waals surface area contributed by atoms with Crippen molar-refractivity contribution in [2.75, 3.05) is 13.1 Å². The number of aryl methyl sites for hydroxylation is 1. The number of aromatic nitrogens is 2.